The van der Waals surface area contributed by atoms with Gasteiger partial charge in [0, 0.05) is 22.4 Å². The van der Waals surface area contributed by atoms with Gasteiger partial charge in [-0.1, -0.05) is 172 Å². The fourth-order valence-electron chi connectivity index (χ4n) is 9.49. The van der Waals surface area contributed by atoms with Crippen molar-refractivity contribution in [2.75, 3.05) is 4.90 Å². The molecular formula is C59H42FN. The van der Waals surface area contributed by atoms with E-state index in [9.17, 15) is 0 Å². The lowest BCUT2D eigenvalue weighted by atomic mass is 9.80. The van der Waals surface area contributed by atoms with Crippen LogP contribution in [0.1, 0.15) is 36.1 Å². The van der Waals surface area contributed by atoms with Crippen molar-refractivity contribution in [3.63, 3.8) is 0 Å². The molecule has 1 nitrogen and oxygen atoms in total. The molecule has 0 heterocycles. The number of rotatable bonds is 8. The minimum absolute atomic E-state index is 0.160. The van der Waals surface area contributed by atoms with Gasteiger partial charge in [-0.2, -0.15) is 0 Å². The predicted octanol–water partition coefficient (Wildman–Crippen LogP) is 16.6. The second-order valence-corrected chi connectivity index (χ2v) is 16.7. The molecule has 2 heteroatoms. The summed E-state index contributed by atoms with van der Waals surface area (Å²) in [6.07, 6.45) is 4.40. The molecule has 0 radical (unpaired) electrons. The third-order valence-electron chi connectivity index (χ3n) is 12.6. The molecule has 0 bridgehead atoms. The van der Waals surface area contributed by atoms with Gasteiger partial charge in [-0.25, -0.2) is 4.39 Å². The van der Waals surface area contributed by atoms with Gasteiger partial charge in [0.25, 0.3) is 0 Å². The maximum absolute atomic E-state index is 16.9. The number of benzene rings is 10. The molecule has 11 rings (SSSR count). The van der Waals surface area contributed by atoms with Gasteiger partial charge in [-0.05, 0) is 143 Å². The van der Waals surface area contributed by atoms with E-state index in [0.717, 1.165) is 39.2 Å². The number of halogens is 1. The van der Waals surface area contributed by atoms with Crippen molar-refractivity contribution in [1.82, 2.24) is 0 Å². The summed E-state index contributed by atoms with van der Waals surface area (Å²) in [6, 6.07) is 71.8. The second-order valence-electron chi connectivity index (χ2n) is 16.7. The van der Waals surface area contributed by atoms with Gasteiger partial charge in [0.15, 0.2) is 0 Å². The molecule has 10 aromatic rings. The first kappa shape index (κ1) is 36.5. The number of hydrogen-bond acceptors (Lipinski definition) is 1. The third-order valence-corrected chi connectivity index (χ3v) is 12.6. The molecule has 0 aromatic heterocycles. The summed E-state index contributed by atoms with van der Waals surface area (Å²) in [5.74, 6) is -0.287. The molecule has 0 fully saturated rings. The van der Waals surface area contributed by atoms with E-state index in [4.69, 9.17) is 0 Å². The smallest absolute Gasteiger partial charge is 0.148 e. The number of fused-ring (bicyclic) bond motifs is 1. The van der Waals surface area contributed by atoms with Gasteiger partial charge in [0.1, 0.15) is 5.82 Å². The molecule has 0 atom stereocenters. The molecule has 290 valence electrons. The monoisotopic (exact) mass is 783 g/mol. The van der Waals surface area contributed by atoms with Crippen LogP contribution in [-0.4, -0.2) is 0 Å². The summed E-state index contributed by atoms with van der Waals surface area (Å²) in [7, 11) is 0. The van der Waals surface area contributed by atoms with E-state index in [-0.39, 0.29) is 11.2 Å². The maximum atomic E-state index is 16.9. The molecular weight excluding hydrogens is 742 g/mol. The summed E-state index contributed by atoms with van der Waals surface area (Å²) in [4.78, 5) is 2.04. The summed E-state index contributed by atoms with van der Waals surface area (Å²) in [6.45, 7) is 4.74. The molecule has 0 saturated carbocycles. The average molecular weight is 784 g/mol. The summed E-state index contributed by atoms with van der Waals surface area (Å²) in [5, 5.41) is 7.80. The molecule has 0 unspecified atom stereocenters. The Kier molecular flexibility index (Phi) is 8.75. The normalized spacial score (nSPS) is 12.9. The van der Waals surface area contributed by atoms with E-state index in [2.05, 4.69) is 147 Å². The quantitative estimate of drug-likeness (QED) is 0.110. The number of nitrogens with zero attached hydrogens (tertiary/aromatic N) is 1. The Hall–Kier alpha value is -7.55. The van der Waals surface area contributed by atoms with Gasteiger partial charge >= 0.3 is 0 Å². The van der Waals surface area contributed by atoms with Crippen LogP contribution in [0, 0.1) is 5.82 Å². The Labute approximate surface area is 356 Å². The van der Waals surface area contributed by atoms with Gasteiger partial charge < -0.3 is 4.90 Å². The third kappa shape index (κ3) is 6.40. The van der Waals surface area contributed by atoms with E-state index in [1.54, 1.807) is 6.07 Å². The Morgan fingerprint density at radius 3 is 1.66 bits per heavy atom. The van der Waals surface area contributed by atoms with Crippen molar-refractivity contribution in [2.45, 2.75) is 19.3 Å². The topological polar surface area (TPSA) is 3.24 Å². The van der Waals surface area contributed by atoms with Crippen LogP contribution in [0.15, 0.2) is 206 Å². The standard InChI is InChI=1S/C59H42FN/c1-59(2)53-33-40(32-46-28-29-47-35-48(37-54(59)57(47)56(46)53)45-27-26-42-16-12-13-19-44(42)34-45)23-22-39-24-30-51(31-25-39)61(50-20-10-5-11-21-50)58-52(43-17-8-4-9-18-43)36-49(38-55(58)60)41-14-6-3-7-15-41/h3-38H,1-2H3. The Bertz CT molecular complexity index is 3310. The predicted molar refractivity (Wildman–Crippen MR) is 257 cm³/mol. The van der Waals surface area contributed by atoms with Crippen molar-refractivity contribution in [3.8, 4) is 33.4 Å². The van der Waals surface area contributed by atoms with Crippen molar-refractivity contribution in [2.24, 2.45) is 0 Å². The van der Waals surface area contributed by atoms with Gasteiger partial charge in [0.05, 0.1) is 5.69 Å². The van der Waals surface area contributed by atoms with Crippen LogP contribution in [0.4, 0.5) is 21.5 Å². The van der Waals surface area contributed by atoms with E-state index in [1.165, 1.54) is 60.1 Å². The lowest BCUT2D eigenvalue weighted by Crippen LogP contribution is -2.15. The maximum Gasteiger partial charge on any atom is 0.148 e. The summed E-state index contributed by atoms with van der Waals surface area (Å²) < 4.78 is 16.9. The van der Waals surface area contributed by atoms with Gasteiger partial charge in [0.2, 0.25) is 0 Å². The lowest BCUT2D eigenvalue weighted by Gasteiger charge is -2.29. The first-order valence-corrected chi connectivity index (χ1v) is 21.0. The van der Waals surface area contributed by atoms with Crippen LogP contribution in [0.2, 0.25) is 0 Å². The molecule has 0 aliphatic heterocycles. The zero-order chi connectivity index (χ0) is 41.1. The highest BCUT2D eigenvalue weighted by atomic mass is 19.1. The minimum atomic E-state index is -0.287. The molecule has 0 spiro atoms. The highest BCUT2D eigenvalue weighted by Gasteiger charge is 2.35. The lowest BCUT2D eigenvalue weighted by molar-refractivity contribution is 0.630. The fraction of sp³-hybridized carbons (Fsp3) is 0.0508. The van der Waals surface area contributed by atoms with Crippen molar-refractivity contribution in [1.29, 1.82) is 0 Å². The average Bonchev–Trinajstić information content (AvgIpc) is 3.54. The van der Waals surface area contributed by atoms with E-state index >= 15 is 4.39 Å². The molecule has 1 aliphatic rings. The summed E-state index contributed by atoms with van der Waals surface area (Å²) in [5.41, 5.74) is 13.2. The number of para-hydroxylation sites is 1. The Morgan fingerprint density at radius 1 is 0.393 bits per heavy atom. The van der Waals surface area contributed by atoms with Crippen LogP contribution in [0.3, 0.4) is 0 Å². The van der Waals surface area contributed by atoms with E-state index in [0.29, 0.717) is 5.69 Å². The SMILES string of the molecule is CC1(C)c2cc(C=Cc3ccc(N(c4ccccc4)c4c(F)cc(-c5ccccc5)cc4-c4ccccc4)cc3)cc3ccc4cc(-c5ccc6ccccc6c5)cc1c4c23. The zero-order valence-corrected chi connectivity index (χ0v) is 34.1. The molecule has 1 aliphatic carbocycles. The van der Waals surface area contributed by atoms with Crippen LogP contribution < -0.4 is 4.90 Å². The Balaban J connectivity index is 0.943. The first-order valence-electron chi connectivity index (χ1n) is 21.0. The van der Waals surface area contributed by atoms with Crippen LogP contribution in [0.5, 0.6) is 0 Å². The van der Waals surface area contributed by atoms with Crippen LogP contribution >= 0.6 is 0 Å². The molecule has 0 amide bonds. The van der Waals surface area contributed by atoms with Crippen LogP contribution in [0.25, 0.3) is 77.9 Å². The minimum Gasteiger partial charge on any atom is -0.307 e. The molecule has 10 aromatic carbocycles. The molecule has 0 saturated heterocycles. The highest BCUT2D eigenvalue weighted by molar-refractivity contribution is 6.16. The second kappa shape index (κ2) is 14.6. The largest absolute Gasteiger partial charge is 0.307 e. The number of anilines is 3. The van der Waals surface area contributed by atoms with Crippen molar-refractivity contribution >= 4 is 61.5 Å². The Morgan fingerprint density at radius 2 is 0.934 bits per heavy atom. The molecule has 61 heavy (non-hydrogen) atoms. The fourth-order valence-corrected chi connectivity index (χ4v) is 9.49. The first-order chi connectivity index (χ1) is 29.9. The summed E-state index contributed by atoms with van der Waals surface area (Å²) >= 11 is 0. The highest BCUT2D eigenvalue weighted by Crippen LogP contribution is 2.51. The van der Waals surface area contributed by atoms with E-state index < -0.39 is 0 Å². The van der Waals surface area contributed by atoms with E-state index in [1.807, 2.05) is 83.8 Å². The molecule has 0 N–H and O–H groups in total. The van der Waals surface area contributed by atoms with Crippen LogP contribution in [-0.2, 0) is 5.41 Å². The van der Waals surface area contributed by atoms with Crippen molar-refractivity contribution < 1.29 is 4.39 Å². The number of hydrogen-bond donors (Lipinski definition) is 0. The van der Waals surface area contributed by atoms with Crippen molar-refractivity contribution in [3.05, 3.63) is 234 Å². The van der Waals surface area contributed by atoms with Gasteiger partial charge in [-0.15, -0.1) is 0 Å². The zero-order valence-electron chi connectivity index (χ0n) is 34.1. The van der Waals surface area contributed by atoms with Gasteiger partial charge in [-0.3, -0.25) is 0 Å².